The average Bonchev–Trinajstić information content (AvgIpc) is 2.87. The van der Waals surface area contributed by atoms with Gasteiger partial charge in [-0.15, -0.1) is 0 Å². The van der Waals surface area contributed by atoms with Crippen LogP contribution >= 0.6 is 0 Å². The Hall–Kier alpha value is -1.47. The molecule has 1 aliphatic rings. The maximum absolute atomic E-state index is 12.8. The van der Waals surface area contributed by atoms with Crippen molar-refractivity contribution < 1.29 is 17.6 Å². The molecule has 1 unspecified atom stereocenters. The fourth-order valence-electron chi connectivity index (χ4n) is 2.31. The van der Waals surface area contributed by atoms with Crippen molar-refractivity contribution in [1.29, 1.82) is 0 Å². The first kappa shape index (κ1) is 14.9. The molecule has 2 rings (SSSR count). The van der Waals surface area contributed by atoms with Crippen LogP contribution in [0.2, 0.25) is 0 Å². The van der Waals surface area contributed by atoms with Crippen LogP contribution in [0.15, 0.2) is 24.3 Å². The minimum atomic E-state index is -3.36. The molecule has 1 amide bonds. The van der Waals surface area contributed by atoms with Gasteiger partial charge in [-0.1, -0.05) is 12.1 Å². The predicted molar refractivity (Wildman–Crippen MR) is 72.8 cm³/mol. The Kier molecular flexibility index (Phi) is 4.39. The Morgan fingerprint density at radius 3 is 2.65 bits per heavy atom. The SMILES string of the molecule is CS(=O)(=O)N1CCCC1C(=O)NCc1ccc(F)cc1. The van der Waals surface area contributed by atoms with Crippen molar-refractivity contribution in [1.82, 2.24) is 9.62 Å². The predicted octanol–water partition coefficient (Wildman–Crippen LogP) is 0.866. The van der Waals surface area contributed by atoms with Crippen molar-refractivity contribution >= 4 is 15.9 Å². The van der Waals surface area contributed by atoms with Gasteiger partial charge in [0.25, 0.3) is 0 Å². The Morgan fingerprint density at radius 2 is 2.05 bits per heavy atom. The standard InChI is InChI=1S/C13H17FN2O3S/c1-20(18,19)16-8-2-3-12(16)13(17)15-9-10-4-6-11(14)7-5-10/h4-7,12H,2-3,8-9H2,1H3,(H,15,17). The number of sulfonamides is 1. The molecule has 1 aromatic carbocycles. The summed E-state index contributed by atoms with van der Waals surface area (Å²) in [5, 5.41) is 2.69. The Labute approximate surface area is 117 Å². The fraction of sp³-hybridized carbons (Fsp3) is 0.462. The number of amides is 1. The molecule has 110 valence electrons. The molecule has 1 atom stereocenters. The second-order valence-corrected chi connectivity index (χ2v) is 6.81. The van der Waals surface area contributed by atoms with Crippen molar-refractivity contribution in [2.24, 2.45) is 0 Å². The number of rotatable bonds is 4. The molecule has 1 aromatic rings. The number of carbonyl (C=O) groups is 1. The van der Waals surface area contributed by atoms with Crippen LogP contribution in [0.1, 0.15) is 18.4 Å². The van der Waals surface area contributed by atoms with Gasteiger partial charge in [-0.2, -0.15) is 4.31 Å². The van der Waals surface area contributed by atoms with Gasteiger partial charge in [0, 0.05) is 13.1 Å². The largest absolute Gasteiger partial charge is 0.351 e. The lowest BCUT2D eigenvalue weighted by Crippen LogP contribution is -2.45. The summed E-state index contributed by atoms with van der Waals surface area (Å²) >= 11 is 0. The van der Waals surface area contributed by atoms with Crippen LogP contribution in [0, 0.1) is 5.82 Å². The van der Waals surface area contributed by atoms with Gasteiger partial charge < -0.3 is 5.32 Å². The minimum Gasteiger partial charge on any atom is -0.351 e. The van der Waals surface area contributed by atoms with Crippen molar-refractivity contribution in [2.75, 3.05) is 12.8 Å². The van der Waals surface area contributed by atoms with Crippen LogP contribution in [0.5, 0.6) is 0 Å². The van der Waals surface area contributed by atoms with Crippen molar-refractivity contribution in [2.45, 2.75) is 25.4 Å². The molecule has 7 heteroatoms. The summed E-state index contributed by atoms with van der Waals surface area (Å²) < 4.78 is 37.1. The van der Waals surface area contributed by atoms with Gasteiger partial charge >= 0.3 is 0 Å². The number of nitrogens with one attached hydrogen (secondary N) is 1. The van der Waals surface area contributed by atoms with Crippen molar-refractivity contribution in [3.8, 4) is 0 Å². The Morgan fingerprint density at radius 1 is 1.40 bits per heavy atom. The number of nitrogens with zero attached hydrogens (tertiary/aromatic N) is 1. The van der Waals surface area contributed by atoms with Gasteiger partial charge in [0.05, 0.1) is 6.26 Å². The molecule has 1 saturated heterocycles. The quantitative estimate of drug-likeness (QED) is 0.897. The molecule has 1 fully saturated rings. The average molecular weight is 300 g/mol. The molecule has 20 heavy (non-hydrogen) atoms. The third-order valence-corrected chi connectivity index (χ3v) is 4.60. The smallest absolute Gasteiger partial charge is 0.238 e. The van der Waals surface area contributed by atoms with Crippen LogP contribution in [-0.2, 0) is 21.4 Å². The van der Waals surface area contributed by atoms with E-state index in [9.17, 15) is 17.6 Å². The lowest BCUT2D eigenvalue weighted by Gasteiger charge is -2.21. The summed E-state index contributed by atoms with van der Waals surface area (Å²) in [7, 11) is -3.36. The third kappa shape index (κ3) is 3.55. The highest BCUT2D eigenvalue weighted by Gasteiger charge is 2.36. The van der Waals surface area contributed by atoms with Gasteiger partial charge in [0.1, 0.15) is 11.9 Å². The van der Waals surface area contributed by atoms with E-state index in [-0.39, 0.29) is 18.3 Å². The maximum atomic E-state index is 12.8. The van der Waals surface area contributed by atoms with E-state index in [1.807, 2.05) is 0 Å². The lowest BCUT2D eigenvalue weighted by atomic mass is 10.2. The highest BCUT2D eigenvalue weighted by atomic mass is 32.2. The van der Waals surface area contributed by atoms with Crippen LogP contribution in [-0.4, -0.2) is 37.5 Å². The zero-order valence-corrected chi connectivity index (χ0v) is 12.0. The molecule has 1 heterocycles. The van der Waals surface area contributed by atoms with Gasteiger partial charge in [0.15, 0.2) is 0 Å². The first-order valence-electron chi connectivity index (χ1n) is 6.37. The van der Waals surface area contributed by atoms with E-state index in [1.54, 1.807) is 12.1 Å². The topological polar surface area (TPSA) is 66.5 Å². The van der Waals surface area contributed by atoms with E-state index in [1.165, 1.54) is 16.4 Å². The number of hydrogen-bond donors (Lipinski definition) is 1. The summed E-state index contributed by atoms with van der Waals surface area (Å²) in [6.45, 7) is 0.640. The molecular formula is C13H17FN2O3S. The van der Waals surface area contributed by atoms with E-state index in [4.69, 9.17) is 0 Å². The van der Waals surface area contributed by atoms with Crippen LogP contribution in [0.25, 0.3) is 0 Å². The zero-order valence-electron chi connectivity index (χ0n) is 11.2. The molecular weight excluding hydrogens is 283 g/mol. The first-order valence-corrected chi connectivity index (χ1v) is 8.22. The summed E-state index contributed by atoms with van der Waals surface area (Å²) in [5.74, 6) is -0.642. The van der Waals surface area contributed by atoms with Crippen molar-refractivity contribution in [3.05, 3.63) is 35.6 Å². The summed E-state index contributed by atoms with van der Waals surface area (Å²) in [4.78, 5) is 12.1. The minimum absolute atomic E-state index is 0.257. The second kappa shape index (κ2) is 5.88. The van der Waals surface area contributed by atoms with Crippen LogP contribution in [0.3, 0.4) is 0 Å². The maximum Gasteiger partial charge on any atom is 0.238 e. The van der Waals surface area contributed by atoms with Gasteiger partial charge in [-0.05, 0) is 30.5 Å². The highest BCUT2D eigenvalue weighted by molar-refractivity contribution is 7.88. The van der Waals surface area contributed by atoms with Crippen LogP contribution in [0.4, 0.5) is 4.39 Å². The number of carbonyl (C=O) groups excluding carboxylic acids is 1. The summed E-state index contributed by atoms with van der Waals surface area (Å²) in [5.41, 5.74) is 0.767. The zero-order chi connectivity index (χ0) is 14.8. The molecule has 5 nitrogen and oxygen atoms in total. The molecule has 0 aliphatic carbocycles. The van der Waals surface area contributed by atoms with Crippen LogP contribution < -0.4 is 5.32 Å². The molecule has 0 radical (unpaired) electrons. The Balaban J connectivity index is 1.96. The lowest BCUT2D eigenvalue weighted by molar-refractivity contribution is -0.124. The third-order valence-electron chi connectivity index (χ3n) is 3.31. The van der Waals surface area contributed by atoms with E-state index in [0.717, 1.165) is 11.8 Å². The number of halogens is 1. The normalized spacial score (nSPS) is 20.0. The molecule has 0 saturated carbocycles. The number of hydrogen-bond acceptors (Lipinski definition) is 3. The van der Waals surface area contributed by atoms with E-state index in [2.05, 4.69) is 5.32 Å². The van der Waals surface area contributed by atoms with Gasteiger partial charge in [-0.25, -0.2) is 12.8 Å². The van der Waals surface area contributed by atoms with E-state index >= 15 is 0 Å². The summed E-state index contributed by atoms with van der Waals surface area (Å²) in [6, 6.07) is 5.17. The molecule has 0 bridgehead atoms. The van der Waals surface area contributed by atoms with Gasteiger partial charge in [-0.3, -0.25) is 4.79 Å². The first-order chi connectivity index (χ1) is 9.38. The molecule has 0 aromatic heterocycles. The Bertz CT molecular complexity index is 586. The molecule has 1 N–H and O–H groups in total. The molecule has 0 spiro atoms. The second-order valence-electron chi connectivity index (χ2n) is 4.88. The number of benzene rings is 1. The van der Waals surface area contributed by atoms with Crippen molar-refractivity contribution in [3.63, 3.8) is 0 Å². The van der Waals surface area contributed by atoms with E-state index < -0.39 is 16.1 Å². The molecule has 1 aliphatic heterocycles. The summed E-state index contributed by atoms with van der Waals surface area (Å²) in [6.07, 6.45) is 2.32. The van der Waals surface area contributed by atoms with E-state index in [0.29, 0.717) is 19.4 Å². The monoisotopic (exact) mass is 300 g/mol. The fourth-order valence-corrected chi connectivity index (χ4v) is 3.43. The van der Waals surface area contributed by atoms with Gasteiger partial charge in [0.2, 0.25) is 15.9 Å². The highest BCUT2D eigenvalue weighted by Crippen LogP contribution is 2.20.